The Balaban J connectivity index is 0.00000180. The SMILES string of the molecule is C.COC(=O)CC1CCN(Cc2ccccc2)CC1. The van der Waals surface area contributed by atoms with E-state index in [9.17, 15) is 4.79 Å². The first-order valence-corrected chi connectivity index (χ1v) is 6.61. The smallest absolute Gasteiger partial charge is 0.305 e. The summed E-state index contributed by atoms with van der Waals surface area (Å²) < 4.78 is 4.72. The van der Waals surface area contributed by atoms with Crippen LogP contribution in [0.1, 0.15) is 32.3 Å². The molecule has 1 aromatic carbocycles. The van der Waals surface area contributed by atoms with Gasteiger partial charge in [-0.15, -0.1) is 0 Å². The van der Waals surface area contributed by atoms with Crippen LogP contribution in [0.15, 0.2) is 30.3 Å². The zero-order valence-corrected chi connectivity index (χ0v) is 11.0. The van der Waals surface area contributed by atoms with E-state index in [4.69, 9.17) is 4.74 Å². The molecule has 1 fully saturated rings. The fraction of sp³-hybridized carbons (Fsp3) is 0.562. The first-order valence-electron chi connectivity index (χ1n) is 6.61. The van der Waals surface area contributed by atoms with Gasteiger partial charge in [-0.25, -0.2) is 0 Å². The van der Waals surface area contributed by atoms with Gasteiger partial charge >= 0.3 is 5.97 Å². The number of carbonyl (C=O) groups excluding carboxylic acids is 1. The molecule has 1 aliphatic heterocycles. The second-order valence-corrected chi connectivity index (χ2v) is 4.99. The summed E-state index contributed by atoms with van der Waals surface area (Å²) in [5.74, 6) is 0.431. The molecule has 0 N–H and O–H groups in total. The van der Waals surface area contributed by atoms with E-state index in [0.717, 1.165) is 32.5 Å². The Morgan fingerprint density at radius 3 is 2.47 bits per heavy atom. The summed E-state index contributed by atoms with van der Waals surface area (Å²) in [5, 5.41) is 0. The van der Waals surface area contributed by atoms with Crippen LogP contribution in [0.25, 0.3) is 0 Å². The molecule has 2 rings (SSSR count). The van der Waals surface area contributed by atoms with Crippen molar-refractivity contribution in [2.75, 3.05) is 20.2 Å². The number of ether oxygens (including phenoxy) is 1. The molecule has 0 amide bonds. The molecule has 1 saturated heterocycles. The van der Waals surface area contributed by atoms with Crippen LogP contribution in [0.5, 0.6) is 0 Å². The van der Waals surface area contributed by atoms with Gasteiger partial charge in [0.05, 0.1) is 7.11 Å². The lowest BCUT2D eigenvalue weighted by molar-refractivity contribution is -0.142. The third kappa shape index (κ3) is 5.03. The third-order valence-electron chi connectivity index (χ3n) is 3.64. The molecule has 3 heteroatoms. The minimum Gasteiger partial charge on any atom is -0.469 e. The number of hydrogen-bond donors (Lipinski definition) is 0. The van der Waals surface area contributed by atoms with E-state index >= 15 is 0 Å². The molecule has 1 aromatic rings. The zero-order valence-electron chi connectivity index (χ0n) is 11.0. The molecule has 19 heavy (non-hydrogen) atoms. The highest BCUT2D eigenvalue weighted by Gasteiger charge is 2.21. The number of piperidine rings is 1. The quantitative estimate of drug-likeness (QED) is 0.782. The molecule has 3 nitrogen and oxygen atoms in total. The van der Waals surface area contributed by atoms with Gasteiger partial charge in [-0.3, -0.25) is 9.69 Å². The number of hydrogen-bond acceptors (Lipinski definition) is 3. The van der Waals surface area contributed by atoms with Crippen LogP contribution in [0.2, 0.25) is 0 Å². The van der Waals surface area contributed by atoms with Crippen LogP contribution in [-0.2, 0) is 16.1 Å². The van der Waals surface area contributed by atoms with Gasteiger partial charge in [0, 0.05) is 13.0 Å². The van der Waals surface area contributed by atoms with E-state index in [1.165, 1.54) is 12.7 Å². The molecular formula is C16H25NO2. The number of esters is 1. The van der Waals surface area contributed by atoms with Gasteiger partial charge in [0.2, 0.25) is 0 Å². The Labute approximate surface area is 116 Å². The lowest BCUT2D eigenvalue weighted by Crippen LogP contribution is -2.34. The van der Waals surface area contributed by atoms with Gasteiger partial charge in [0.15, 0.2) is 0 Å². The van der Waals surface area contributed by atoms with Crippen LogP contribution < -0.4 is 0 Å². The topological polar surface area (TPSA) is 29.5 Å². The summed E-state index contributed by atoms with van der Waals surface area (Å²) in [6.45, 7) is 3.18. The maximum Gasteiger partial charge on any atom is 0.305 e. The van der Waals surface area contributed by atoms with Gasteiger partial charge in [-0.2, -0.15) is 0 Å². The predicted octanol–water partition coefficient (Wildman–Crippen LogP) is 3.10. The average molecular weight is 263 g/mol. The van der Waals surface area contributed by atoms with E-state index in [1.54, 1.807) is 0 Å². The molecule has 106 valence electrons. The maximum atomic E-state index is 11.2. The molecule has 0 unspecified atom stereocenters. The zero-order chi connectivity index (χ0) is 12.8. The minimum absolute atomic E-state index is 0. The minimum atomic E-state index is -0.0727. The predicted molar refractivity (Wildman–Crippen MR) is 77.8 cm³/mol. The van der Waals surface area contributed by atoms with Gasteiger partial charge in [-0.05, 0) is 37.4 Å². The first-order chi connectivity index (χ1) is 8.78. The summed E-state index contributed by atoms with van der Waals surface area (Å²) in [7, 11) is 1.47. The summed E-state index contributed by atoms with van der Waals surface area (Å²) in [5.41, 5.74) is 1.36. The van der Waals surface area contributed by atoms with Crippen molar-refractivity contribution in [3.05, 3.63) is 35.9 Å². The molecule has 0 atom stereocenters. The van der Waals surface area contributed by atoms with Gasteiger partial charge in [-0.1, -0.05) is 37.8 Å². The molecule has 0 aliphatic carbocycles. The van der Waals surface area contributed by atoms with Crippen LogP contribution in [0, 0.1) is 5.92 Å². The van der Waals surface area contributed by atoms with Gasteiger partial charge < -0.3 is 4.74 Å². The summed E-state index contributed by atoms with van der Waals surface area (Å²) in [6.07, 6.45) is 2.78. The van der Waals surface area contributed by atoms with E-state index in [-0.39, 0.29) is 13.4 Å². The van der Waals surface area contributed by atoms with Crippen molar-refractivity contribution in [3.63, 3.8) is 0 Å². The number of carbonyl (C=O) groups is 1. The highest BCUT2D eigenvalue weighted by molar-refractivity contribution is 5.69. The number of rotatable bonds is 4. The lowest BCUT2D eigenvalue weighted by Gasteiger charge is -2.31. The van der Waals surface area contributed by atoms with Crippen molar-refractivity contribution in [1.29, 1.82) is 0 Å². The molecular weight excluding hydrogens is 238 g/mol. The Morgan fingerprint density at radius 1 is 1.26 bits per heavy atom. The Kier molecular flexibility index (Phi) is 6.57. The summed E-state index contributed by atoms with van der Waals surface area (Å²) >= 11 is 0. The molecule has 0 bridgehead atoms. The summed E-state index contributed by atoms with van der Waals surface area (Å²) in [6, 6.07) is 10.5. The van der Waals surface area contributed by atoms with E-state index in [2.05, 4.69) is 29.2 Å². The standard InChI is InChI=1S/C15H21NO2.CH4/c1-18-15(17)11-13-7-9-16(10-8-13)12-14-5-3-2-4-6-14;/h2-6,13H,7-12H2,1H3;1H4. The van der Waals surface area contributed by atoms with E-state index in [1.807, 2.05) is 6.07 Å². The maximum absolute atomic E-state index is 11.2. The number of nitrogens with zero attached hydrogens (tertiary/aromatic N) is 1. The lowest BCUT2D eigenvalue weighted by atomic mass is 9.93. The normalized spacial score (nSPS) is 16.7. The van der Waals surface area contributed by atoms with Crippen molar-refractivity contribution in [3.8, 4) is 0 Å². The second kappa shape index (κ2) is 7.95. The Hall–Kier alpha value is -1.35. The summed E-state index contributed by atoms with van der Waals surface area (Å²) in [4.78, 5) is 13.7. The van der Waals surface area contributed by atoms with Gasteiger partial charge in [0.25, 0.3) is 0 Å². The van der Waals surface area contributed by atoms with Crippen molar-refractivity contribution in [2.45, 2.75) is 33.2 Å². The molecule has 1 heterocycles. The van der Waals surface area contributed by atoms with Crippen molar-refractivity contribution >= 4 is 5.97 Å². The van der Waals surface area contributed by atoms with Crippen LogP contribution in [-0.4, -0.2) is 31.1 Å². The first kappa shape index (κ1) is 15.7. The van der Waals surface area contributed by atoms with Crippen LogP contribution in [0.3, 0.4) is 0 Å². The molecule has 0 radical (unpaired) electrons. The van der Waals surface area contributed by atoms with Crippen molar-refractivity contribution in [2.24, 2.45) is 5.92 Å². The van der Waals surface area contributed by atoms with Crippen molar-refractivity contribution < 1.29 is 9.53 Å². The van der Waals surface area contributed by atoms with E-state index in [0.29, 0.717) is 12.3 Å². The second-order valence-electron chi connectivity index (χ2n) is 4.99. The molecule has 0 aromatic heterocycles. The van der Waals surface area contributed by atoms with Gasteiger partial charge in [0.1, 0.15) is 0 Å². The highest BCUT2D eigenvalue weighted by Crippen LogP contribution is 2.22. The fourth-order valence-electron chi connectivity index (χ4n) is 2.51. The average Bonchev–Trinajstić information content (AvgIpc) is 2.42. The van der Waals surface area contributed by atoms with Crippen LogP contribution in [0.4, 0.5) is 0 Å². The van der Waals surface area contributed by atoms with Crippen LogP contribution >= 0.6 is 0 Å². The highest BCUT2D eigenvalue weighted by atomic mass is 16.5. The van der Waals surface area contributed by atoms with E-state index < -0.39 is 0 Å². The monoisotopic (exact) mass is 263 g/mol. The largest absolute Gasteiger partial charge is 0.469 e. The number of methoxy groups -OCH3 is 1. The fourth-order valence-corrected chi connectivity index (χ4v) is 2.51. The molecule has 1 aliphatic rings. The number of benzene rings is 1. The van der Waals surface area contributed by atoms with Crippen molar-refractivity contribution in [1.82, 2.24) is 4.90 Å². The molecule has 0 spiro atoms. The Bertz CT molecular complexity index is 370. The Morgan fingerprint density at radius 2 is 1.89 bits per heavy atom. The third-order valence-corrected chi connectivity index (χ3v) is 3.64. The number of likely N-dealkylation sites (tertiary alicyclic amines) is 1. The molecule has 0 saturated carbocycles.